The molecule has 0 fully saturated rings. The molecule has 0 spiro atoms. The molecule has 0 amide bonds. The fourth-order valence-electron chi connectivity index (χ4n) is 7.87. The fraction of sp³-hybridized carbons (Fsp3) is 0. The molecule has 0 radical (unpaired) electrons. The first-order valence-corrected chi connectivity index (χ1v) is 17.5. The monoisotopic (exact) mass is 651 g/mol. The van der Waals surface area contributed by atoms with Crippen molar-refractivity contribution in [3.8, 4) is 22.5 Å². The smallest absolute Gasteiger partial charge is 0.0562 e. The van der Waals surface area contributed by atoms with E-state index in [4.69, 9.17) is 0 Å². The van der Waals surface area contributed by atoms with Gasteiger partial charge in [-0.3, -0.25) is 0 Å². The van der Waals surface area contributed by atoms with E-state index in [2.05, 4.69) is 214 Å². The minimum absolute atomic E-state index is 1.10. The number of hydrogen-bond acceptors (Lipinski definition) is 1. The summed E-state index contributed by atoms with van der Waals surface area (Å²) in [6.45, 7) is 0. The van der Waals surface area contributed by atoms with Gasteiger partial charge in [-0.15, -0.1) is 0 Å². The van der Waals surface area contributed by atoms with Gasteiger partial charge in [0, 0.05) is 49.9 Å². The van der Waals surface area contributed by atoms with E-state index in [0.29, 0.717) is 0 Å². The molecule has 10 rings (SSSR count). The zero-order valence-corrected chi connectivity index (χ0v) is 27.9. The van der Waals surface area contributed by atoms with Crippen LogP contribution >= 0.6 is 0 Å². The van der Waals surface area contributed by atoms with Gasteiger partial charge in [0.2, 0.25) is 0 Å². The molecule has 0 aliphatic heterocycles. The van der Waals surface area contributed by atoms with Crippen LogP contribution in [-0.4, -0.2) is 9.13 Å². The highest BCUT2D eigenvalue weighted by molar-refractivity contribution is 6.13. The number of benzene rings is 8. The first kappa shape index (κ1) is 29.1. The largest absolute Gasteiger partial charge is 0.310 e. The van der Waals surface area contributed by atoms with E-state index >= 15 is 0 Å². The summed E-state index contributed by atoms with van der Waals surface area (Å²) in [7, 11) is 0. The molecule has 10 aromatic rings. The summed E-state index contributed by atoms with van der Waals surface area (Å²) in [6, 6.07) is 72.1. The van der Waals surface area contributed by atoms with Crippen molar-refractivity contribution in [1.82, 2.24) is 9.13 Å². The highest BCUT2D eigenvalue weighted by atomic mass is 15.1. The Morgan fingerprint density at radius 1 is 0.314 bits per heavy atom. The van der Waals surface area contributed by atoms with Gasteiger partial charge in [0.25, 0.3) is 0 Å². The van der Waals surface area contributed by atoms with Crippen LogP contribution < -0.4 is 4.90 Å². The lowest BCUT2D eigenvalue weighted by Gasteiger charge is -2.25. The van der Waals surface area contributed by atoms with Crippen LogP contribution in [-0.2, 0) is 0 Å². The molecule has 0 aliphatic carbocycles. The number of anilines is 3. The molecule has 0 bridgehead atoms. The Bertz CT molecular complexity index is 2750. The van der Waals surface area contributed by atoms with Crippen LogP contribution in [0.4, 0.5) is 17.1 Å². The minimum atomic E-state index is 1.10. The van der Waals surface area contributed by atoms with Crippen molar-refractivity contribution in [3.63, 3.8) is 0 Å². The number of hydrogen-bond donors (Lipinski definition) is 0. The number of nitrogens with zero attached hydrogens (tertiary/aromatic N) is 3. The standard InChI is InChI=1S/C48H33N3/c1-4-16-34(17-5-1)39-22-10-13-25-44(39)51-47-32-37(49(35-18-6-2-7-19-35)36-20-8-3-9-21-36)28-30-42(47)43-31-29-38(33-48(43)51)50-45-26-14-11-23-40(45)41-24-12-15-27-46(41)50/h1-33H. The van der Waals surface area contributed by atoms with Gasteiger partial charge in [0.1, 0.15) is 0 Å². The van der Waals surface area contributed by atoms with Crippen LogP contribution in [0.3, 0.4) is 0 Å². The third kappa shape index (κ3) is 4.74. The quantitative estimate of drug-likeness (QED) is 0.174. The first-order valence-electron chi connectivity index (χ1n) is 17.5. The molecule has 0 saturated heterocycles. The van der Waals surface area contributed by atoms with Gasteiger partial charge >= 0.3 is 0 Å². The molecule has 240 valence electrons. The predicted molar refractivity (Wildman–Crippen MR) is 215 cm³/mol. The Labute approximate surface area is 296 Å². The Morgan fingerprint density at radius 2 is 0.804 bits per heavy atom. The summed E-state index contributed by atoms with van der Waals surface area (Å²) in [4.78, 5) is 2.34. The molecule has 0 N–H and O–H groups in total. The highest BCUT2D eigenvalue weighted by Gasteiger charge is 2.20. The van der Waals surface area contributed by atoms with Crippen LogP contribution in [0.1, 0.15) is 0 Å². The number of para-hydroxylation sites is 5. The normalized spacial score (nSPS) is 11.5. The Balaban J connectivity index is 1.29. The molecule has 8 aromatic carbocycles. The van der Waals surface area contributed by atoms with E-state index in [1.165, 1.54) is 43.7 Å². The van der Waals surface area contributed by atoms with Gasteiger partial charge in [-0.25, -0.2) is 0 Å². The van der Waals surface area contributed by atoms with Crippen LogP contribution in [0, 0.1) is 0 Å². The van der Waals surface area contributed by atoms with E-state index in [0.717, 1.165) is 39.5 Å². The first-order chi connectivity index (χ1) is 25.3. The summed E-state index contributed by atoms with van der Waals surface area (Å²) in [5.74, 6) is 0. The molecule has 0 saturated carbocycles. The van der Waals surface area contributed by atoms with Gasteiger partial charge in [-0.05, 0) is 72.3 Å². The zero-order chi connectivity index (χ0) is 33.7. The molecule has 0 unspecified atom stereocenters. The van der Waals surface area contributed by atoms with Crippen molar-refractivity contribution in [2.75, 3.05) is 4.90 Å². The second-order valence-electron chi connectivity index (χ2n) is 13.0. The Hall–Kier alpha value is -6.84. The van der Waals surface area contributed by atoms with E-state index in [1.54, 1.807) is 0 Å². The van der Waals surface area contributed by atoms with Crippen molar-refractivity contribution in [2.24, 2.45) is 0 Å². The van der Waals surface area contributed by atoms with Crippen LogP contribution in [0.25, 0.3) is 66.1 Å². The van der Waals surface area contributed by atoms with Crippen LogP contribution in [0.15, 0.2) is 200 Å². The van der Waals surface area contributed by atoms with E-state index < -0.39 is 0 Å². The van der Waals surface area contributed by atoms with Crippen LogP contribution in [0.2, 0.25) is 0 Å². The number of rotatable bonds is 6. The molecule has 3 nitrogen and oxygen atoms in total. The molecular formula is C48H33N3. The fourth-order valence-corrected chi connectivity index (χ4v) is 7.87. The Morgan fingerprint density at radius 3 is 1.45 bits per heavy atom. The van der Waals surface area contributed by atoms with E-state index in [-0.39, 0.29) is 0 Å². The zero-order valence-electron chi connectivity index (χ0n) is 27.9. The summed E-state index contributed by atoms with van der Waals surface area (Å²) in [5, 5.41) is 4.95. The molecular weight excluding hydrogens is 619 g/mol. The lowest BCUT2D eigenvalue weighted by atomic mass is 10.0. The number of fused-ring (bicyclic) bond motifs is 6. The molecule has 51 heavy (non-hydrogen) atoms. The third-order valence-electron chi connectivity index (χ3n) is 10.1. The van der Waals surface area contributed by atoms with Gasteiger partial charge in [-0.2, -0.15) is 0 Å². The summed E-state index contributed by atoms with van der Waals surface area (Å²) in [6.07, 6.45) is 0. The van der Waals surface area contributed by atoms with Crippen molar-refractivity contribution in [3.05, 3.63) is 200 Å². The molecule has 0 aliphatic rings. The maximum absolute atomic E-state index is 2.47. The molecule has 0 atom stereocenters. The maximum Gasteiger partial charge on any atom is 0.0562 e. The molecule has 2 aromatic heterocycles. The van der Waals surface area contributed by atoms with Gasteiger partial charge in [-0.1, -0.05) is 133 Å². The maximum atomic E-state index is 2.47. The molecule has 2 heterocycles. The second kappa shape index (κ2) is 11.9. The SMILES string of the molecule is c1ccc(-c2ccccc2-n2c3cc(N(c4ccccc4)c4ccccc4)ccc3c3ccc(-n4c5ccccc5c5ccccc54)cc32)cc1. The molecule has 3 heteroatoms. The second-order valence-corrected chi connectivity index (χ2v) is 13.0. The van der Waals surface area contributed by atoms with E-state index in [1.807, 2.05) is 0 Å². The van der Waals surface area contributed by atoms with Crippen molar-refractivity contribution >= 4 is 60.7 Å². The summed E-state index contributed by atoms with van der Waals surface area (Å²) in [5.41, 5.74) is 12.7. The summed E-state index contributed by atoms with van der Waals surface area (Å²) >= 11 is 0. The van der Waals surface area contributed by atoms with Crippen LogP contribution in [0.5, 0.6) is 0 Å². The Kier molecular flexibility index (Phi) is 6.81. The minimum Gasteiger partial charge on any atom is -0.310 e. The van der Waals surface area contributed by atoms with Crippen molar-refractivity contribution < 1.29 is 0 Å². The van der Waals surface area contributed by atoms with Gasteiger partial charge in [0.05, 0.1) is 27.8 Å². The lowest BCUT2D eigenvalue weighted by Crippen LogP contribution is -2.09. The number of aromatic nitrogens is 2. The van der Waals surface area contributed by atoms with E-state index in [9.17, 15) is 0 Å². The average molecular weight is 652 g/mol. The lowest BCUT2D eigenvalue weighted by molar-refractivity contribution is 1.15. The van der Waals surface area contributed by atoms with Gasteiger partial charge < -0.3 is 14.0 Å². The summed E-state index contributed by atoms with van der Waals surface area (Å²) < 4.78 is 4.88. The predicted octanol–water partition coefficient (Wildman–Crippen LogP) is 13.0. The average Bonchev–Trinajstić information content (AvgIpc) is 3.71. The topological polar surface area (TPSA) is 13.1 Å². The van der Waals surface area contributed by atoms with Gasteiger partial charge in [0.15, 0.2) is 0 Å². The van der Waals surface area contributed by atoms with Crippen molar-refractivity contribution in [2.45, 2.75) is 0 Å². The third-order valence-corrected chi connectivity index (χ3v) is 10.1. The van der Waals surface area contributed by atoms with Crippen molar-refractivity contribution in [1.29, 1.82) is 0 Å². The highest BCUT2D eigenvalue weighted by Crippen LogP contribution is 2.42.